The minimum atomic E-state index is -2.08. The summed E-state index contributed by atoms with van der Waals surface area (Å²) in [5.74, 6) is -6.41. The number of carbonyl (C=O) groups excluding carboxylic acids is 4. The molecule has 3 aliphatic heterocycles. The van der Waals surface area contributed by atoms with Crippen molar-refractivity contribution in [1.82, 2.24) is 10.6 Å². The van der Waals surface area contributed by atoms with Crippen molar-refractivity contribution < 1.29 is 87.5 Å². The number of hydrogen-bond donors (Lipinski definition) is 7. The zero-order valence-electron chi connectivity index (χ0n) is 42.4. The number of nitro groups is 1. The lowest BCUT2D eigenvalue weighted by atomic mass is 9.74. The molecule has 3 heterocycles. The summed E-state index contributed by atoms with van der Waals surface area (Å²) in [6, 6.07) is 2.89. The number of aliphatic hydroxyl groups is 5. The zero-order valence-corrected chi connectivity index (χ0v) is 42.4. The minimum Gasteiger partial charge on any atom is -0.493 e. The van der Waals surface area contributed by atoms with Gasteiger partial charge in [-0.3, -0.25) is 29.3 Å². The lowest BCUT2D eigenvalue weighted by Crippen LogP contribution is -2.62. The maximum absolute atomic E-state index is 14.3. The molecule has 2 amide bonds. The van der Waals surface area contributed by atoms with E-state index >= 15 is 0 Å². The Hall–Kier alpha value is -4.10. The summed E-state index contributed by atoms with van der Waals surface area (Å²) >= 11 is 0. The molecule has 3 saturated heterocycles. The largest absolute Gasteiger partial charge is 0.493 e. The third-order valence-corrected chi connectivity index (χ3v) is 14.1. The Bertz CT molecular complexity index is 1950. The average Bonchev–Trinajstić information content (AvgIpc) is 3.30. The van der Waals surface area contributed by atoms with Crippen LogP contribution in [-0.2, 0) is 47.6 Å². The van der Waals surface area contributed by atoms with Gasteiger partial charge in [0, 0.05) is 43.8 Å². The number of nitro benzene ring substituents is 1. The molecule has 0 radical (unpaired) electrons. The van der Waals surface area contributed by atoms with Crippen molar-refractivity contribution in [2.24, 2.45) is 23.7 Å². The Balaban J connectivity index is 1.57. The molecule has 0 aliphatic carbocycles. The van der Waals surface area contributed by atoms with Crippen LogP contribution in [0.4, 0.5) is 5.69 Å². The van der Waals surface area contributed by atoms with Gasteiger partial charge in [0.2, 0.25) is 11.8 Å². The van der Waals surface area contributed by atoms with Crippen LogP contribution < -0.4 is 20.1 Å². The summed E-state index contributed by atoms with van der Waals surface area (Å²) in [5.41, 5.74) is -5.38. The number of esters is 1. The maximum atomic E-state index is 14.3. The standard InChI is InChI=1S/C48H77N3O19/c1-13-34-48(10,60)41(56)26(4)38(54)24(2)21-46(8,59)43(27(5)40(28(6)44(58)68-34)69-37-22-47(9,64-12)42(57)29(7)67-37)70-45-39(55)31(19-25(3)66-45)50-36(53)23-49-35(52)15-14-18-65-32-17-16-30(51(61)62)20-33(32)63-11/h16-17,20,24-29,31,34,37,39-43,45,55-57,59-60H,13-15,18-19,21-23H2,1-12H3,(H,49,52)(H,50,53)/t24-,25-,26+,27+,28-,29+,31+,34-,37+,39-,40+,41-,42+,43-,45+,46+,47-,48-/m1/s1. The van der Waals surface area contributed by atoms with Gasteiger partial charge in [0.25, 0.3) is 5.69 Å². The maximum Gasteiger partial charge on any atom is 0.311 e. The van der Waals surface area contributed by atoms with E-state index in [9.17, 15) is 54.8 Å². The quantitative estimate of drug-likeness (QED) is 0.0540. The first-order valence-electron chi connectivity index (χ1n) is 24.0. The van der Waals surface area contributed by atoms with Gasteiger partial charge in [-0.05, 0) is 73.3 Å². The van der Waals surface area contributed by atoms with Crippen LogP contribution in [-0.4, -0.2) is 166 Å². The predicted molar refractivity (Wildman–Crippen MR) is 248 cm³/mol. The zero-order chi connectivity index (χ0) is 52.6. The molecule has 0 spiro atoms. The molecular weight excluding hydrogens is 923 g/mol. The van der Waals surface area contributed by atoms with Gasteiger partial charge in [0.15, 0.2) is 24.1 Å². The molecule has 70 heavy (non-hydrogen) atoms. The van der Waals surface area contributed by atoms with E-state index in [2.05, 4.69) is 10.6 Å². The first-order chi connectivity index (χ1) is 32.6. The third-order valence-electron chi connectivity index (χ3n) is 14.1. The molecule has 398 valence electrons. The Morgan fingerprint density at radius 2 is 1.59 bits per heavy atom. The Morgan fingerprint density at radius 1 is 0.914 bits per heavy atom. The van der Waals surface area contributed by atoms with Crippen LogP contribution >= 0.6 is 0 Å². The highest BCUT2D eigenvalue weighted by atomic mass is 16.7. The van der Waals surface area contributed by atoms with Crippen molar-refractivity contribution in [1.29, 1.82) is 0 Å². The van der Waals surface area contributed by atoms with E-state index < -0.39 is 143 Å². The predicted octanol–water partition coefficient (Wildman–Crippen LogP) is 2.23. The second-order valence-corrected chi connectivity index (χ2v) is 19.9. The van der Waals surface area contributed by atoms with Crippen LogP contribution in [0.15, 0.2) is 18.2 Å². The number of Topliss-reactive ketones (excluding diaryl/α,β-unsaturated/α-hetero) is 1. The third kappa shape index (κ3) is 14.1. The van der Waals surface area contributed by atoms with Crippen molar-refractivity contribution in [2.45, 2.75) is 192 Å². The summed E-state index contributed by atoms with van der Waals surface area (Å²) in [6.07, 6.45) is -12.2. The fourth-order valence-corrected chi connectivity index (χ4v) is 9.89. The fraction of sp³-hybridized carbons (Fsp3) is 0.792. The number of cyclic esters (lactones) is 1. The first kappa shape index (κ1) is 58.5. The summed E-state index contributed by atoms with van der Waals surface area (Å²) in [5, 5.41) is 74.9. The fourth-order valence-electron chi connectivity index (χ4n) is 9.89. The lowest BCUT2D eigenvalue weighted by molar-refractivity contribution is -0.385. The van der Waals surface area contributed by atoms with Crippen LogP contribution in [0.3, 0.4) is 0 Å². The number of non-ortho nitro benzene ring substituents is 1. The highest BCUT2D eigenvalue weighted by molar-refractivity contribution is 5.85. The summed E-state index contributed by atoms with van der Waals surface area (Å²) in [6.45, 7) is 15.2. The van der Waals surface area contributed by atoms with Crippen LogP contribution in [0.1, 0.15) is 108 Å². The first-order valence-corrected chi connectivity index (χ1v) is 24.0. The van der Waals surface area contributed by atoms with Gasteiger partial charge in [-0.15, -0.1) is 0 Å². The average molecular weight is 1000 g/mol. The molecule has 3 aliphatic rings. The molecule has 0 saturated carbocycles. The van der Waals surface area contributed by atoms with E-state index in [1.807, 2.05) is 0 Å². The van der Waals surface area contributed by atoms with E-state index in [0.717, 1.165) is 0 Å². The Morgan fingerprint density at radius 3 is 2.20 bits per heavy atom. The van der Waals surface area contributed by atoms with Gasteiger partial charge in [-0.1, -0.05) is 27.7 Å². The van der Waals surface area contributed by atoms with E-state index in [-0.39, 0.29) is 62.3 Å². The summed E-state index contributed by atoms with van der Waals surface area (Å²) in [7, 11) is 2.78. The number of rotatable bonds is 16. The highest BCUT2D eigenvalue weighted by Gasteiger charge is 2.53. The molecule has 4 rings (SSSR count). The van der Waals surface area contributed by atoms with Gasteiger partial charge in [0.05, 0.1) is 84.9 Å². The molecule has 3 fully saturated rings. The molecule has 18 atom stereocenters. The number of hydrogen-bond acceptors (Lipinski definition) is 19. The number of carbonyl (C=O) groups is 4. The van der Waals surface area contributed by atoms with E-state index in [4.69, 9.17) is 37.9 Å². The number of nitrogens with zero attached hydrogens (tertiary/aromatic N) is 1. The molecule has 7 N–H and O–H groups in total. The second kappa shape index (κ2) is 24.5. The minimum absolute atomic E-state index is 0.00194. The van der Waals surface area contributed by atoms with Gasteiger partial charge >= 0.3 is 5.97 Å². The molecule has 22 heteroatoms. The Kier molecular flexibility index (Phi) is 20.5. The number of amides is 2. The van der Waals surface area contributed by atoms with E-state index in [0.29, 0.717) is 0 Å². The molecule has 1 aromatic carbocycles. The van der Waals surface area contributed by atoms with Crippen LogP contribution in [0.25, 0.3) is 0 Å². The molecule has 0 unspecified atom stereocenters. The molecule has 0 aromatic heterocycles. The van der Waals surface area contributed by atoms with Crippen molar-refractivity contribution in [3.05, 3.63) is 28.3 Å². The van der Waals surface area contributed by atoms with Crippen LogP contribution in [0.2, 0.25) is 0 Å². The van der Waals surface area contributed by atoms with E-state index in [1.165, 1.54) is 60.1 Å². The molecule has 0 bridgehead atoms. The van der Waals surface area contributed by atoms with Gasteiger partial charge in [-0.2, -0.15) is 0 Å². The van der Waals surface area contributed by atoms with E-state index in [1.54, 1.807) is 41.5 Å². The topological polar surface area (TPSA) is 310 Å². The monoisotopic (exact) mass is 1000 g/mol. The van der Waals surface area contributed by atoms with Gasteiger partial charge in [-0.25, -0.2) is 0 Å². The molecular formula is C48H77N3O19. The summed E-state index contributed by atoms with van der Waals surface area (Å²) < 4.78 is 47.9. The number of ketones is 1. The second-order valence-electron chi connectivity index (χ2n) is 19.9. The number of methoxy groups -OCH3 is 2. The molecule has 22 nitrogen and oxygen atoms in total. The lowest BCUT2D eigenvalue weighted by Gasteiger charge is -2.48. The number of benzene rings is 1. The van der Waals surface area contributed by atoms with Crippen molar-refractivity contribution >= 4 is 29.3 Å². The normalized spacial score (nSPS) is 39.0. The number of aliphatic hydroxyl groups excluding tert-OH is 3. The Labute approximate surface area is 409 Å². The van der Waals surface area contributed by atoms with Crippen molar-refractivity contribution in [2.75, 3.05) is 27.4 Å². The van der Waals surface area contributed by atoms with Crippen LogP contribution in [0.5, 0.6) is 11.5 Å². The number of ether oxygens (including phenoxy) is 8. The highest BCUT2D eigenvalue weighted by Crippen LogP contribution is 2.41. The number of nitrogens with one attached hydrogen (secondary N) is 2. The SMILES string of the molecule is CC[C@H]1OC(=O)[C@H](C)[C@@H](O[C@H]2C[C@@](C)(OC)[C@@H](O)[C@H](C)O2)[C@H](C)[C@@H](O[C@@H]2O[C@H](C)C[C@H](NC(=O)CNC(=O)CCCOc3ccc([N+](=O)[O-])cc3OC)[C@H]2O)[C@@](C)(O)C[C@@H](C)C(=O)[C@H](C)[C@@H](O)[C@]1(C)O. The van der Waals surface area contributed by atoms with Gasteiger partial charge < -0.3 is 74.1 Å². The molecule has 1 aromatic rings. The smallest absolute Gasteiger partial charge is 0.311 e. The van der Waals surface area contributed by atoms with Crippen molar-refractivity contribution in [3.8, 4) is 11.5 Å². The van der Waals surface area contributed by atoms with Gasteiger partial charge in [0.1, 0.15) is 29.7 Å². The van der Waals surface area contributed by atoms with Crippen molar-refractivity contribution in [3.63, 3.8) is 0 Å². The van der Waals surface area contributed by atoms with Crippen LogP contribution in [0, 0.1) is 33.8 Å². The summed E-state index contributed by atoms with van der Waals surface area (Å²) in [4.78, 5) is 64.7.